The molecule has 1 amide bonds. The van der Waals surface area contributed by atoms with E-state index in [0.717, 1.165) is 18.4 Å². The molecular weight excluding hydrogens is 502 g/mol. The first kappa shape index (κ1) is 25.5. The lowest BCUT2D eigenvalue weighted by atomic mass is 10.1. The molecule has 3 aromatic carbocycles. The molecule has 0 bridgehead atoms. The maximum absolute atomic E-state index is 13.0. The first-order valence-corrected chi connectivity index (χ1v) is 14.3. The number of benzene rings is 3. The zero-order valence-electron chi connectivity index (χ0n) is 19.9. The summed E-state index contributed by atoms with van der Waals surface area (Å²) < 4.78 is 61.6. The highest BCUT2D eigenvalue weighted by Crippen LogP contribution is 2.27. The minimum absolute atomic E-state index is 0.0195. The van der Waals surface area contributed by atoms with Gasteiger partial charge in [0.2, 0.25) is 0 Å². The van der Waals surface area contributed by atoms with Gasteiger partial charge in [-0.1, -0.05) is 17.7 Å². The van der Waals surface area contributed by atoms with Gasteiger partial charge in [0, 0.05) is 24.5 Å². The number of amides is 1. The highest BCUT2D eigenvalue weighted by atomic mass is 32.2. The average Bonchev–Trinajstić information content (AvgIpc) is 3.40. The number of hydrogen-bond donors (Lipinski definition) is 2. The molecule has 36 heavy (non-hydrogen) atoms. The lowest BCUT2D eigenvalue weighted by Gasteiger charge is -2.18. The summed E-state index contributed by atoms with van der Waals surface area (Å²) in [7, 11) is -6.49. The first-order chi connectivity index (χ1) is 17.1. The van der Waals surface area contributed by atoms with Crippen LogP contribution >= 0.6 is 0 Å². The number of rotatable bonds is 8. The number of likely N-dealkylation sites (tertiary alicyclic amines) is 1. The van der Waals surface area contributed by atoms with Crippen molar-refractivity contribution in [3.63, 3.8) is 0 Å². The van der Waals surface area contributed by atoms with E-state index in [1.807, 2.05) is 6.92 Å². The van der Waals surface area contributed by atoms with Crippen LogP contribution in [0.5, 0.6) is 5.75 Å². The van der Waals surface area contributed by atoms with Gasteiger partial charge in [0.25, 0.3) is 26.0 Å². The molecule has 0 unspecified atom stereocenters. The summed E-state index contributed by atoms with van der Waals surface area (Å²) in [6.45, 7) is 3.13. The molecule has 11 heteroatoms. The summed E-state index contributed by atoms with van der Waals surface area (Å²) in [5.74, 6) is 0.0125. The van der Waals surface area contributed by atoms with Crippen LogP contribution in [-0.2, 0) is 20.0 Å². The fourth-order valence-corrected chi connectivity index (χ4v) is 6.01. The van der Waals surface area contributed by atoms with Crippen molar-refractivity contribution >= 4 is 37.3 Å². The van der Waals surface area contributed by atoms with Crippen molar-refractivity contribution in [1.29, 1.82) is 0 Å². The Morgan fingerprint density at radius 2 is 1.28 bits per heavy atom. The van der Waals surface area contributed by atoms with E-state index in [0.29, 0.717) is 24.5 Å². The van der Waals surface area contributed by atoms with Crippen molar-refractivity contribution in [3.8, 4) is 5.75 Å². The summed E-state index contributed by atoms with van der Waals surface area (Å²) in [6.07, 6.45) is 1.81. The van der Waals surface area contributed by atoms with E-state index >= 15 is 0 Å². The Kier molecular flexibility index (Phi) is 7.23. The van der Waals surface area contributed by atoms with Gasteiger partial charge in [-0.3, -0.25) is 14.2 Å². The predicted molar refractivity (Wildman–Crippen MR) is 137 cm³/mol. The highest BCUT2D eigenvalue weighted by Gasteiger charge is 2.25. The van der Waals surface area contributed by atoms with E-state index < -0.39 is 20.0 Å². The van der Waals surface area contributed by atoms with Gasteiger partial charge in [-0.15, -0.1) is 0 Å². The van der Waals surface area contributed by atoms with Gasteiger partial charge in [-0.2, -0.15) is 0 Å². The molecule has 9 nitrogen and oxygen atoms in total. The number of sulfonamides is 2. The Bertz CT molecular complexity index is 1460. The number of nitrogens with one attached hydrogen (secondary N) is 2. The number of hydrogen-bond acceptors (Lipinski definition) is 6. The summed E-state index contributed by atoms with van der Waals surface area (Å²) in [5.41, 5.74) is 1.77. The van der Waals surface area contributed by atoms with Gasteiger partial charge in [-0.05, 0) is 74.4 Å². The number of anilines is 2. The Morgan fingerprint density at radius 1 is 0.778 bits per heavy atom. The van der Waals surface area contributed by atoms with Crippen LogP contribution in [0.15, 0.2) is 76.5 Å². The molecule has 0 spiro atoms. The van der Waals surface area contributed by atoms with E-state index in [1.54, 1.807) is 29.2 Å². The van der Waals surface area contributed by atoms with Crippen LogP contribution in [0.3, 0.4) is 0 Å². The van der Waals surface area contributed by atoms with Gasteiger partial charge in [0.05, 0.1) is 22.5 Å². The van der Waals surface area contributed by atoms with Crippen LogP contribution < -0.4 is 14.2 Å². The zero-order valence-corrected chi connectivity index (χ0v) is 21.5. The quantitative estimate of drug-likeness (QED) is 0.457. The molecule has 0 aliphatic carbocycles. The second kappa shape index (κ2) is 10.2. The summed E-state index contributed by atoms with van der Waals surface area (Å²) in [6, 6.07) is 16.3. The smallest absolute Gasteiger partial charge is 0.261 e. The third kappa shape index (κ3) is 5.63. The van der Waals surface area contributed by atoms with Crippen molar-refractivity contribution in [3.05, 3.63) is 77.9 Å². The van der Waals surface area contributed by atoms with Gasteiger partial charge in [0.15, 0.2) is 0 Å². The van der Waals surface area contributed by atoms with Crippen molar-refractivity contribution in [2.75, 3.05) is 29.6 Å². The van der Waals surface area contributed by atoms with Crippen LogP contribution in [0.4, 0.5) is 11.4 Å². The lowest BCUT2D eigenvalue weighted by molar-refractivity contribution is 0.0789. The number of methoxy groups -OCH3 is 1. The van der Waals surface area contributed by atoms with Crippen molar-refractivity contribution < 1.29 is 26.4 Å². The largest absolute Gasteiger partial charge is 0.496 e. The molecule has 190 valence electrons. The van der Waals surface area contributed by atoms with Gasteiger partial charge in [0.1, 0.15) is 5.75 Å². The van der Waals surface area contributed by atoms with Crippen molar-refractivity contribution in [2.24, 2.45) is 0 Å². The maximum Gasteiger partial charge on any atom is 0.261 e. The highest BCUT2D eigenvalue weighted by molar-refractivity contribution is 7.93. The summed E-state index contributed by atoms with van der Waals surface area (Å²) in [5, 5.41) is 0. The van der Waals surface area contributed by atoms with E-state index in [2.05, 4.69) is 9.44 Å². The molecule has 3 aromatic rings. The summed E-state index contributed by atoms with van der Waals surface area (Å²) in [4.78, 5) is 14.5. The van der Waals surface area contributed by atoms with Gasteiger partial charge < -0.3 is 9.64 Å². The zero-order chi connectivity index (χ0) is 25.9. The van der Waals surface area contributed by atoms with Crippen LogP contribution in [0.1, 0.15) is 28.8 Å². The lowest BCUT2D eigenvalue weighted by Crippen LogP contribution is -2.28. The molecule has 1 aliphatic rings. The van der Waals surface area contributed by atoms with Crippen LogP contribution in [0.25, 0.3) is 0 Å². The number of aryl methyl sites for hydroxylation is 1. The number of nitrogens with zero attached hydrogens (tertiary/aromatic N) is 1. The fourth-order valence-electron chi connectivity index (χ4n) is 3.86. The number of carbonyl (C=O) groups is 1. The van der Waals surface area contributed by atoms with Crippen LogP contribution in [0, 0.1) is 6.92 Å². The molecule has 4 rings (SSSR count). The molecule has 0 radical (unpaired) electrons. The monoisotopic (exact) mass is 529 g/mol. The first-order valence-electron chi connectivity index (χ1n) is 11.3. The van der Waals surface area contributed by atoms with Crippen molar-refractivity contribution in [2.45, 2.75) is 29.6 Å². The fraction of sp³-hybridized carbons (Fsp3) is 0.240. The Hall–Kier alpha value is -3.57. The van der Waals surface area contributed by atoms with Crippen LogP contribution in [-0.4, -0.2) is 47.8 Å². The van der Waals surface area contributed by atoms with E-state index in [4.69, 9.17) is 4.74 Å². The molecule has 0 saturated carbocycles. The molecular formula is C25H27N3O6S2. The molecule has 1 saturated heterocycles. The summed E-state index contributed by atoms with van der Waals surface area (Å²) >= 11 is 0. The topological polar surface area (TPSA) is 122 Å². The molecule has 0 aromatic heterocycles. The van der Waals surface area contributed by atoms with Gasteiger partial charge >= 0.3 is 0 Å². The normalized spacial score (nSPS) is 13.9. The second-order valence-electron chi connectivity index (χ2n) is 8.46. The number of carbonyl (C=O) groups excluding carboxylic acids is 1. The molecule has 2 N–H and O–H groups in total. The third-order valence-electron chi connectivity index (χ3n) is 5.83. The van der Waals surface area contributed by atoms with E-state index in [-0.39, 0.29) is 26.9 Å². The van der Waals surface area contributed by atoms with E-state index in [1.165, 1.54) is 49.6 Å². The Morgan fingerprint density at radius 3 is 1.83 bits per heavy atom. The number of ether oxygens (including phenoxy) is 1. The molecule has 1 heterocycles. The van der Waals surface area contributed by atoms with Crippen molar-refractivity contribution in [1.82, 2.24) is 4.90 Å². The third-order valence-corrected chi connectivity index (χ3v) is 8.60. The van der Waals surface area contributed by atoms with E-state index in [9.17, 15) is 21.6 Å². The predicted octanol–water partition coefficient (Wildman–Crippen LogP) is 3.84. The average molecular weight is 530 g/mol. The minimum atomic E-state index is -4.06. The second-order valence-corrected chi connectivity index (χ2v) is 11.8. The molecule has 1 aliphatic heterocycles. The molecule has 1 fully saturated rings. The maximum atomic E-state index is 13.0. The van der Waals surface area contributed by atoms with Crippen LogP contribution in [0.2, 0.25) is 0 Å². The SMILES string of the molecule is COc1ccc(S(=O)(=O)Nc2ccc(S(=O)(=O)Nc3ccc(C)cc3)cc2)cc1C(=O)N1CCCC1. The standard InChI is InChI=1S/C25H27N3O6S2/c1-18-5-7-19(8-6-18)26-35(30,31)21-11-9-20(10-12-21)27-36(32,33)22-13-14-24(34-2)23(17-22)25(29)28-15-3-4-16-28/h5-14,17,26-27H,3-4,15-16H2,1-2H3. The van der Waals surface area contributed by atoms with Gasteiger partial charge in [-0.25, -0.2) is 16.8 Å². The minimum Gasteiger partial charge on any atom is -0.496 e. The Labute approximate surface area is 211 Å². The Balaban J connectivity index is 1.53. The molecule has 0 atom stereocenters.